The maximum Gasteiger partial charge on any atom is 0.226 e. The first-order chi connectivity index (χ1) is 16.6. The van der Waals surface area contributed by atoms with E-state index in [2.05, 4.69) is 20.7 Å². The number of thioether (sulfide) groups is 1. The largest absolute Gasteiger partial charge is 0.497 e. The minimum absolute atomic E-state index is 0.168. The van der Waals surface area contributed by atoms with E-state index in [1.165, 1.54) is 11.8 Å². The number of hydrogen-bond donors (Lipinski definition) is 1. The first-order valence-electron chi connectivity index (χ1n) is 10.5. The molecule has 0 fully saturated rings. The Hall–Kier alpha value is -3.92. The highest BCUT2D eigenvalue weighted by molar-refractivity contribution is 7.99. The number of hydrogen-bond acceptors (Lipinski definition) is 9. The lowest BCUT2D eigenvalue weighted by molar-refractivity contribution is -0.115. The molecule has 0 bridgehead atoms. The van der Waals surface area contributed by atoms with Crippen LogP contribution in [0.5, 0.6) is 11.5 Å². The van der Waals surface area contributed by atoms with Gasteiger partial charge in [0, 0.05) is 29.4 Å². The van der Waals surface area contributed by atoms with Crippen LogP contribution in [0.15, 0.2) is 64.3 Å². The molecule has 4 rings (SSSR count). The zero-order valence-corrected chi connectivity index (χ0v) is 19.8. The molecule has 0 unspecified atom stereocenters. The van der Waals surface area contributed by atoms with E-state index in [0.717, 1.165) is 22.6 Å². The van der Waals surface area contributed by atoms with Crippen molar-refractivity contribution in [2.24, 2.45) is 0 Å². The molecule has 0 aliphatic rings. The van der Waals surface area contributed by atoms with Crippen LogP contribution in [0.3, 0.4) is 0 Å². The van der Waals surface area contributed by atoms with Crippen LogP contribution >= 0.6 is 11.8 Å². The van der Waals surface area contributed by atoms with Gasteiger partial charge in [-0.3, -0.25) is 4.79 Å². The highest BCUT2D eigenvalue weighted by atomic mass is 32.2. The Labute approximate surface area is 200 Å². The maximum absolute atomic E-state index is 12.2. The van der Waals surface area contributed by atoms with Gasteiger partial charge in [0.1, 0.15) is 28.6 Å². The smallest absolute Gasteiger partial charge is 0.226 e. The standard InChI is InChI=1S/C24H23N5O4S/c1-15-14-20(29-33-15)25-21(30)12-13-34-24-26-22(16-4-8-18(31-2)9-5-16)23(27-28-24)17-6-10-19(32-3)11-7-17/h4-11,14H,12-13H2,1-3H3,(H,25,29,30). The average molecular weight is 478 g/mol. The summed E-state index contributed by atoms with van der Waals surface area (Å²) in [5.74, 6) is 2.85. The number of aromatic nitrogens is 4. The summed E-state index contributed by atoms with van der Waals surface area (Å²) >= 11 is 1.36. The van der Waals surface area contributed by atoms with Gasteiger partial charge in [-0.2, -0.15) is 0 Å². The van der Waals surface area contributed by atoms with Crippen LogP contribution in [0.25, 0.3) is 22.5 Å². The molecule has 0 saturated carbocycles. The number of rotatable bonds is 9. The summed E-state index contributed by atoms with van der Waals surface area (Å²) in [5.41, 5.74) is 3.08. The van der Waals surface area contributed by atoms with E-state index in [-0.39, 0.29) is 12.3 Å². The summed E-state index contributed by atoms with van der Waals surface area (Å²) in [6.45, 7) is 1.76. The predicted octanol–water partition coefficient (Wildman–Crippen LogP) is 4.64. The number of methoxy groups -OCH3 is 2. The topological polar surface area (TPSA) is 112 Å². The molecular weight excluding hydrogens is 454 g/mol. The minimum Gasteiger partial charge on any atom is -0.497 e. The Morgan fingerprint density at radius 3 is 2.12 bits per heavy atom. The van der Waals surface area contributed by atoms with Gasteiger partial charge in [0.15, 0.2) is 5.82 Å². The van der Waals surface area contributed by atoms with Crippen LogP contribution in [0.2, 0.25) is 0 Å². The van der Waals surface area contributed by atoms with Crippen LogP contribution in [0, 0.1) is 6.92 Å². The van der Waals surface area contributed by atoms with Gasteiger partial charge in [-0.05, 0) is 55.5 Å². The van der Waals surface area contributed by atoms with E-state index < -0.39 is 0 Å². The molecule has 0 saturated heterocycles. The molecule has 1 N–H and O–H groups in total. The Bertz CT molecular complexity index is 1260. The van der Waals surface area contributed by atoms with Crippen molar-refractivity contribution in [2.75, 3.05) is 25.3 Å². The lowest BCUT2D eigenvalue weighted by Crippen LogP contribution is -2.12. The molecule has 0 aliphatic heterocycles. The first kappa shape index (κ1) is 23.2. The summed E-state index contributed by atoms with van der Waals surface area (Å²) in [5, 5.41) is 15.7. The second-order valence-electron chi connectivity index (χ2n) is 7.22. The SMILES string of the molecule is COc1ccc(-c2nnc(SCCC(=O)Nc3cc(C)on3)nc2-c2ccc(OC)cc2)cc1. The van der Waals surface area contributed by atoms with Crippen LogP contribution in [-0.4, -0.2) is 46.2 Å². The third kappa shape index (κ3) is 5.70. The van der Waals surface area contributed by atoms with Gasteiger partial charge in [-0.25, -0.2) is 4.98 Å². The third-order valence-corrected chi connectivity index (χ3v) is 5.69. The van der Waals surface area contributed by atoms with Crippen molar-refractivity contribution in [2.45, 2.75) is 18.5 Å². The highest BCUT2D eigenvalue weighted by Gasteiger charge is 2.15. The molecule has 2 aromatic carbocycles. The molecule has 0 spiro atoms. The number of ether oxygens (including phenoxy) is 2. The lowest BCUT2D eigenvalue weighted by atomic mass is 10.0. The molecular formula is C24H23N5O4S. The minimum atomic E-state index is -0.168. The Kier molecular flexibility index (Phi) is 7.38. The van der Waals surface area contributed by atoms with Gasteiger partial charge in [0.2, 0.25) is 11.1 Å². The Morgan fingerprint density at radius 2 is 1.56 bits per heavy atom. The van der Waals surface area contributed by atoms with Gasteiger partial charge in [0.25, 0.3) is 0 Å². The summed E-state index contributed by atoms with van der Waals surface area (Å²) in [7, 11) is 3.25. The molecule has 0 atom stereocenters. The van der Waals surface area contributed by atoms with Crippen LogP contribution in [-0.2, 0) is 4.79 Å². The fraction of sp³-hybridized carbons (Fsp3) is 0.208. The number of carbonyl (C=O) groups excluding carboxylic acids is 1. The number of aryl methyl sites for hydroxylation is 1. The van der Waals surface area contributed by atoms with Gasteiger partial charge < -0.3 is 19.3 Å². The number of anilines is 1. The van der Waals surface area contributed by atoms with Crippen molar-refractivity contribution in [1.29, 1.82) is 0 Å². The van der Waals surface area contributed by atoms with Crippen molar-refractivity contribution in [3.05, 3.63) is 60.4 Å². The van der Waals surface area contributed by atoms with Gasteiger partial charge >= 0.3 is 0 Å². The molecule has 4 aromatic rings. The molecule has 9 nitrogen and oxygen atoms in total. The van der Waals surface area contributed by atoms with E-state index in [4.69, 9.17) is 19.0 Å². The van der Waals surface area contributed by atoms with Crippen molar-refractivity contribution >= 4 is 23.5 Å². The second-order valence-corrected chi connectivity index (χ2v) is 8.28. The fourth-order valence-electron chi connectivity index (χ4n) is 3.13. The molecule has 2 heterocycles. The molecule has 1 amide bonds. The number of carbonyl (C=O) groups is 1. The second kappa shape index (κ2) is 10.8. The molecule has 10 heteroatoms. The van der Waals surface area contributed by atoms with Crippen molar-refractivity contribution in [1.82, 2.24) is 20.3 Å². The number of benzene rings is 2. The van der Waals surface area contributed by atoms with Crippen LogP contribution in [0.1, 0.15) is 12.2 Å². The van der Waals surface area contributed by atoms with Crippen molar-refractivity contribution < 1.29 is 18.8 Å². The normalized spacial score (nSPS) is 10.7. The summed E-state index contributed by atoms with van der Waals surface area (Å²) < 4.78 is 15.5. The highest BCUT2D eigenvalue weighted by Crippen LogP contribution is 2.32. The molecule has 0 radical (unpaired) electrons. The zero-order chi connectivity index (χ0) is 23.9. The molecule has 174 valence electrons. The molecule has 34 heavy (non-hydrogen) atoms. The summed E-state index contributed by atoms with van der Waals surface area (Å²) in [6, 6.07) is 16.8. The van der Waals surface area contributed by atoms with Crippen molar-refractivity contribution in [3.8, 4) is 34.0 Å². The van der Waals surface area contributed by atoms with Crippen molar-refractivity contribution in [3.63, 3.8) is 0 Å². The van der Waals surface area contributed by atoms with Gasteiger partial charge in [0.05, 0.1) is 14.2 Å². The lowest BCUT2D eigenvalue weighted by Gasteiger charge is -2.10. The third-order valence-electron chi connectivity index (χ3n) is 4.85. The zero-order valence-electron chi connectivity index (χ0n) is 18.9. The average Bonchev–Trinajstić information content (AvgIpc) is 3.28. The fourth-order valence-corrected chi connectivity index (χ4v) is 3.86. The predicted molar refractivity (Wildman–Crippen MR) is 129 cm³/mol. The van der Waals surface area contributed by atoms with E-state index in [1.54, 1.807) is 27.2 Å². The summed E-state index contributed by atoms with van der Waals surface area (Å²) in [6.07, 6.45) is 0.262. The Balaban J connectivity index is 1.53. The Morgan fingerprint density at radius 1 is 0.941 bits per heavy atom. The quantitative estimate of drug-likeness (QED) is 0.344. The van der Waals surface area contributed by atoms with Gasteiger partial charge in [-0.15, -0.1) is 10.2 Å². The van der Waals surface area contributed by atoms with E-state index in [0.29, 0.717) is 33.9 Å². The van der Waals surface area contributed by atoms with Crippen LogP contribution in [0.4, 0.5) is 5.82 Å². The number of nitrogens with one attached hydrogen (secondary N) is 1. The first-order valence-corrected chi connectivity index (χ1v) is 11.4. The van der Waals surface area contributed by atoms with E-state index >= 15 is 0 Å². The molecule has 2 aromatic heterocycles. The molecule has 0 aliphatic carbocycles. The van der Waals surface area contributed by atoms with Crippen LogP contribution < -0.4 is 14.8 Å². The number of amides is 1. The van der Waals surface area contributed by atoms with E-state index in [1.807, 2.05) is 48.5 Å². The van der Waals surface area contributed by atoms with E-state index in [9.17, 15) is 4.79 Å². The van der Waals surface area contributed by atoms with Gasteiger partial charge in [-0.1, -0.05) is 16.9 Å². The number of nitrogens with zero attached hydrogens (tertiary/aromatic N) is 4. The summed E-state index contributed by atoms with van der Waals surface area (Å²) in [4.78, 5) is 16.9. The maximum atomic E-state index is 12.2. The monoisotopic (exact) mass is 477 g/mol.